The van der Waals surface area contributed by atoms with E-state index in [1.807, 2.05) is 21.2 Å². The molecule has 1 N–H and O–H groups in total. The number of amides is 3. The van der Waals surface area contributed by atoms with E-state index in [4.69, 9.17) is 0 Å². The van der Waals surface area contributed by atoms with Crippen molar-refractivity contribution in [3.05, 3.63) is 22.4 Å². The number of carbonyl (C=O) groups is 3. The number of piperazine rings is 1. The Morgan fingerprint density at radius 2 is 1.64 bits per heavy atom. The lowest BCUT2D eigenvalue weighted by molar-refractivity contribution is -0.135. The van der Waals surface area contributed by atoms with E-state index >= 15 is 0 Å². The molecular formula is C20H30N4O3S. The highest BCUT2D eigenvalue weighted by molar-refractivity contribution is 7.12. The summed E-state index contributed by atoms with van der Waals surface area (Å²) in [6, 6.07) is 3.64. The molecule has 28 heavy (non-hydrogen) atoms. The summed E-state index contributed by atoms with van der Waals surface area (Å²) in [6.45, 7) is 5.60. The molecule has 8 heteroatoms. The van der Waals surface area contributed by atoms with E-state index in [1.54, 1.807) is 6.07 Å². The first-order valence-electron chi connectivity index (χ1n) is 10.2. The molecule has 0 saturated carbocycles. The first-order chi connectivity index (χ1) is 13.6. The van der Waals surface area contributed by atoms with Crippen molar-refractivity contribution in [3.8, 4) is 0 Å². The number of hydrogen-bond donors (Lipinski definition) is 1. The molecule has 3 heterocycles. The van der Waals surface area contributed by atoms with Gasteiger partial charge in [-0.05, 0) is 37.1 Å². The second-order valence-corrected chi connectivity index (χ2v) is 8.38. The lowest BCUT2D eigenvalue weighted by Crippen LogP contribution is -2.52. The van der Waals surface area contributed by atoms with E-state index in [9.17, 15) is 14.4 Å². The monoisotopic (exact) mass is 406 g/mol. The molecule has 0 unspecified atom stereocenters. The van der Waals surface area contributed by atoms with Crippen LogP contribution in [-0.4, -0.2) is 84.8 Å². The predicted molar refractivity (Wildman–Crippen MR) is 109 cm³/mol. The van der Waals surface area contributed by atoms with Crippen LogP contribution in [0.1, 0.15) is 41.8 Å². The van der Waals surface area contributed by atoms with Crippen molar-refractivity contribution in [2.24, 2.45) is 0 Å². The van der Waals surface area contributed by atoms with Crippen LogP contribution in [0.5, 0.6) is 0 Å². The third-order valence-corrected chi connectivity index (χ3v) is 6.26. The Kier molecular flexibility index (Phi) is 7.85. The Morgan fingerprint density at radius 1 is 0.929 bits per heavy atom. The van der Waals surface area contributed by atoms with Gasteiger partial charge in [0, 0.05) is 52.2 Å². The summed E-state index contributed by atoms with van der Waals surface area (Å²) in [5.74, 6) is 0.280. The van der Waals surface area contributed by atoms with Crippen LogP contribution >= 0.6 is 11.3 Å². The minimum atomic E-state index is -0.0746. The third-order valence-electron chi connectivity index (χ3n) is 5.39. The van der Waals surface area contributed by atoms with Gasteiger partial charge in [0.15, 0.2) is 0 Å². The van der Waals surface area contributed by atoms with Crippen molar-refractivity contribution >= 4 is 29.1 Å². The minimum absolute atomic E-state index is 0.0746. The van der Waals surface area contributed by atoms with Gasteiger partial charge in [-0.3, -0.25) is 19.3 Å². The van der Waals surface area contributed by atoms with Crippen LogP contribution in [0.15, 0.2) is 17.5 Å². The molecule has 1 aromatic rings. The molecule has 3 rings (SSSR count). The van der Waals surface area contributed by atoms with E-state index < -0.39 is 0 Å². The molecule has 7 nitrogen and oxygen atoms in total. The van der Waals surface area contributed by atoms with Crippen molar-refractivity contribution in [1.82, 2.24) is 20.0 Å². The molecule has 0 aliphatic carbocycles. The Hall–Kier alpha value is -1.93. The van der Waals surface area contributed by atoms with Gasteiger partial charge in [0.1, 0.15) is 0 Å². The summed E-state index contributed by atoms with van der Waals surface area (Å²) in [6.07, 6.45) is 4.53. The average Bonchev–Trinajstić information content (AvgIpc) is 3.27. The smallest absolute Gasteiger partial charge is 0.261 e. The maximum atomic E-state index is 12.4. The van der Waals surface area contributed by atoms with Crippen LogP contribution < -0.4 is 5.32 Å². The van der Waals surface area contributed by atoms with E-state index in [1.165, 1.54) is 17.8 Å². The Labute approximate surface area is 170 Å². The Bertz CT molecular complexity index is 650. The summed E-state index contributed by atoms with van der Waals surface area (Å²) in [4.78, 5) is 43.3. The summed E-state index contributed by atoms with van der Waals surface area (Å²) >= 11 is 1.41. The average molecular weight is 407 g/mol. The van der Waals surface area contributed by atoms with Gasteiger partial charge in [-0.1, -0.05) is 6.07 Å². The van der Waals surface area contributed by atoms with Gasteiger partial charge in [-0.15, -0.1) is 11.3 Å². The molecule has 3 amide bonds. The van der Waals surface area contributed by atoms with Gasteiger partial charge in [0.05, 0.1) is 11.4 Å². The van der Waals surface area contributed by atoms with Crippen molar-refractivity contribution in [3.63, 3.8) is 0 Å². The van der Waals surface area contributed by atoms with Gasteiger partial charge in [0.2, 0.25) is 11.8 Å². The normalized spacial score (nSPS) is 18.1. The van der Waals surface area contributed by atoms with Crippen LogP contribution in [0.4, 0.5) is 0 Å². The molecule has 0 spiro atoms. The highest BCUT2D eigenvalue weighted by Gasteiger charge is 2.24. The number of piperidine rings is 1. The molecule has 2 aliphatic rings. The molecule has 154 valence electrons. The lowest BCUT2D eigenvalue weighted by atomic mass is 10.1. The van der Waals surface area contributed by atoms with Crippen LogP contribution in [0.3, 0.4) is 0 Å². The van der Waals surface area contributed by atoms with Crippen molar-refractivity contribution in [1.29, 1.82) is 0 Å². The zero-order chi connectivity index (χ0) is 19.8. The van der Waals surface area contributed by atoms with Gasteiger partial charge >= 0.3 is 0 Å². The van der Waals surface area contributed by atoms with Crippen LogP contribution in [0.25, 0.3) is 0 Å². The quantitative estimate of drug-likeness (QED) is 0.695. The SMILES string of the molecule is O=C(NCCCC(=O)N1CCN(CC(=O)N2CCCCC2)CC1)c1cccs1. The molecule has 0 radical (unpaired) electrons. The highest BCUT2D eigenvalue weighted by Crippen LogP contribution is 2.11. The largest absolute Gasteiger partial charge is 0.351 e. The van der Waals surface area contributed by atoms with Crippen molar-refractivity contribution in [2.45, 2.75) is 32.1 Å². The molecule has 2 fully saturated rings. The van der Waals surface area contributed by atoms with Crippen molar-refractivity contribution < 1.29 is 14.4 Å². The second-order valence-electron chi connectivity index (χ2n) is 7.44. The zero-order valence-corrected chi connectivity index (χ0v) is 17.2. The molecule has 0 aromatic carbocycles. The minimum Gasteiger partial charge on any atom is -0.351 e. The van der Waals surface area contributed by atoms with Crippen molar-refractivity contribution in [2.75, 3.05) is 52.4 Å². The zero-order valence-electron chi connectivity index (χ0n) is 16.4. The Morgan fingerprint density at radius 3 is 2.32 bits per heavy atom. The predicted octanol–water partition coefficient (Wildman–Crippen LogP) is 1.41. The Balaban J connectivity index is 1.29. The second kappa shape index (κ2) is 10.6. The number of nitrogens with one attached hydrogen (secondary N) is 1. The number of carbonyl (C=O) groups excluding carboxylic acids is 3. The first kappa shape index (κ1) is 20.8. The topological polar surface area (TPSA) is 73.0 Å². The third kappa shape index (κ3) is 6.04. The lowest BCUT2D eigenvalue weighted by Gasteiger charge is -2.36. The van der Waals surface area contributed by atoms with E-state index in [-0.39, 0.29) is 17.7 Å². The molecular weight excluding hydrogens is 376 g/mol. The van der Waals surface area contributed by atoms with E-state index in [0.29, 0.717) is 43.9 Å². The first-order valence-corrected chi connectivity index (χ1v) is 11.1. The number of hydrogen-bond acceptors (Lipinski definition) is 5. The maximum absolute atomic E-state index is 12.4. The molecule has 0 atom stereocenters. The number of nitrogens with zero attached hydrogens (tertiary/aromatic N) is 3. The van der Waals surface area contributed by atoms with Crippen LogP contribution in [0, 0.1) is 0 Å². The fourth-order valence-corrected chi connectivity index (χ4v) is 4.32. The number of thiophene rings is 1. The summed E-state index contributed by atoms with van der Waals surface area (Å²) in [7, 11) is 0. The van der Waals surface area contributed by atoms with Gasteiger partial charge < -0.3 is 15.1 Å². The van der Waals surface area contributed by atoms with Gasteiger partial charge in [0.25, 0.3) is 5.91 Å². The number of rotatable bonds is 7. The fraction of sp³-hybridized carbons (Fsp3) is 0.650. The van der Waals surface area contributed by atoms with E-state index in [0.717, 1.165) is 39.0 Å². The molecule has 0 bridgehead atoms. The van der Waals surface area contributed by atoms with Crippen LogP contribution in [0.2, 0.25) is 0 Å². The summed E-state index contributed by atoms with van der Waals surface area (Å²) in [5, 5.41) is 4.73. The molecule has 2 aliphatic heterocycles. The summed E-state index contributed by atoms with van der Waals surface area (Å²) < 4.78 is 0. The van der Waals surface area contributed by atoms with Gasteiger partial charge in [-0.25, -0.2) is 0 Å². The summed E-state index contributed by atoms with van der Waals surface area (Å²) in [5.41, 5.74) is 0. The maximum Gasteiger partial charge on any atom is 0.261 e. The van der Waals surface area contributed by atoms with Crippen LogP contribution in [-0.2, 0) is 9.59 Å². The van der Waals surface area contributed by atoms with E-state index in [2.05, 4.69) is 10.2 Å². The van der Waals surface area contributed by atoms with Gasteiger partial charge in [-0.2, -0.15) is 0 Å². The molecule has 2 saturated heterocycles. The fourth-order valence-electron chi connectivity index (χ4n) is 3.68. The highest BCUT2D eigenvalue weighted by atomic mass is 32.1. The molecule has 1 aromatic heterocycles. The number of likely N-dealkylation sites (tertiary alicyclic amines) is 1. The standard InChI is InChI=1S/C20H30N4O3S/c25-18(7-4-8-21-20(27)17-6-5-15-28-17)24-13-11-22(12-14-24)16-19(26)23-9-2-1-3-10-23/h5-6,15H,1-4,7-14,16H2,(H,21,27).